The second-order valence-corrected chi connectivity index (χ2v) is 13.6. The molecule has 1 aliphatic rings. The number of sulfonamides is 1. The van der Waals surface area contributed by atoms with Gasteiger partial charge >= 0.3 is 6.09 Å². The number of ether oxygens (including phenoxy) is 1. The van der Waals surface area contributed by atoms with E-state index in [-0.39, 0.29) is 67.8 Å². The summed E-state index contributed by atoms with van der Waals surface area (Å²) in [6.45, 7) is 15.1. The first-order valence-electron chi connectivity index (χ1n) is 15.2. The fourth-order valence-electron chi connectivity index (χ4n) is 5.31. The fraction of sp³-hybridized carbons (Fsp3) is 0.531. The van der Waals surface area contributed by atoms with Crippen molar-refractivity contribution in [3.05, 3.63) is 64.2 Å². The van der Waals surface area contributed by atoms with Crippen LogP contribution in [0.25, 0.3) is 0 Å². The van der Waals surface area contributed by atoms with Crippen LogP contribution in [0.4, 0.5) is 4.79 Å². The molecule has 1 aliphatic heterocycles. The molecular weight excluding hydrogens is 582 g/mol. The van der Waals surface area contributed by atoms with Crippen molar-refractivity contribution >= 4 is 28.2 Å². The standard InChI is InChI=1S/C32H47N5O6S/c1-8-43-32(39)37-14-12-36(13-15-37)31(38)29(17-24-10-9-11-25(16-24)20-33-35-40)34-44(41,42)30-27(22(4)5)18-26(21(2)3)19-28(30)23(6)7/h9-11,16,18-23,29,34-35,40H,8,12-15,17H2,1-7H3/t29-/m0/s1. The maximum atomic E-state index is 14.4. The third-order valence-electron chi connectivity index (χ3n) is 7.72. The zero-order valence-corrected chi connectivity index (χ0v) is 27.6. The van der Waals surface area contributed by atoms with Gasteiger partial charge in [0.2, 0.25) is 15.9 Å². The number of nitrogens with zero attached hydrogens (tertiary/aromatic N) is 3. The minimum Gasteiger partial charge on any atom is -0.450 e. The lowest BCUT2D eigenvalue weighted by molar-refractivity contribution is -0.134. The van der Waals surface area contributed by atoms with Gasteiger partial charge in [-0.1, -0.05) is 77.9 Å². The maximum Gasteiger partial charge on any atom is 0.409 e. The Hall–Kier alpha value is -3.48. The second-order valence-electron chi connectivity index (χ2n) is 12.0. The van der Waals surface area contributed by atoms with Gasteiger partial charge in [0.25, 0.3) is 0 Å². The highest BCUT2D eigenvalue weighted by atomic mass is 32.2. The SMILES string of the molecule is CCOC(=O)N1CCN(C(=O)[C@H](Cc2cccc(C=NNO)c2)NS(=O)(=O)c2c(C(C)C)cc(C(C)C)cc2C(C)C)CC1. The van der Waals surface area contributed by atoms with Gasteiger partial charge in [0, 0.05) is 26.2 Å². The lowest BCUT2D eigenvalue weighted by Crippen LogP contribution is -2.56. The molecule has 3 N–H and O–H groups in total. The molecule has 0 aromatic heterocycles. The Bertz CT molecular complexity index is 1400. The first-order valence-corrected chi connectivity index (χ1v) is 16.7. The quantitative estimate of drug-likeness (QED) is 0.231. The minimum atomic E-state index is -4.16. The summed E-state index contributed by atoms with van der Waals surface area (Å²) in [5.41, 5.74) is 5.60. The molecule has 0 radical (unpaired) electrons. The zero-order chi connectivity index (χ0) is 32.6. The average molecular weight is 630 g/mol. The molecule has 2 amide bonds. The van der Waals surface area contributed by atoms with Crippen LogP contribution in [0, 0.1) is 0 Å². The molecule has 0 unspecified atom stereocenters. The normalized spacial score (nSPS) is 15.0. The van der Waals surface area contributed by atoms with Gasteiger partial charge in [0.05, 0.1) is 17.7 Å². The summed E-state index contributed by atoms with van der Waals surface area (Å²) in [6, 6.07) is 9.99. The monoisotopic (exact) mass is 629 g/mol. The number of rotatable bonds is 12. The van der Waals surface area contributed by atoms with E-state index in [1.54, 1.807) is 40.5 Å². The Morgan fingerprint density at radius 1 is 0.955 bits per heavy atom. The Morgan fingerprint density at radius 3 is 2.07 bits per heavy atom. The van der Waals surface area contributed by atoms with Crippen molar-refractivity contribution in [1.29, 1.82) is 0 Å². The summed E-state index contributed by atoms with van der Waals surface area (Å²) < 4.78 is 36.6. The highest BCUT2D eigenvalue weighted by Crippen LogP contribution is 2.35. The van der Waals surface area contributed by atoms with Gasteiger partial charge in [-0.05, 0) is 58.9 Å². The van der Waals surface area contributed by atoms with Crippen molar-refractivity contribution in [3.63, 3.8) is 0 Å². The second kappa shape index (κ2) is 15.5. The number of carbonyl (C=O) groups excluding carboxylic acids is 2. The largest absolute Gasteiger partial charge is 0.450 e. The van der Waals surface area contributed by atoms with Gasteiger partial charge in [0.15, 0.2) is 0 Å². The van der Waals surface area contributed by atoms with E-state index in [0.717, 1.165) is 16.7 Å². The topological polar surface area (TPSA) is 141 Å². The van der Waals surface area contributed by atoms with Crippen LogP contribution in [0.5, 0.6) is 0 Å². The van der Waals surface area contributed by atoms with E-state index in [0.29, 0.717) is 11.1 Å². The molecule has 0 saturated carbocycles. The summed E-state index contributed by atoms with van der Waals surface area (Å²) in [6.07, 6.45) is 1.07. The number of benzene rings is 2. The lowest BCUT2D eigenvalue weighted by atomic mass is 9.89. The molecule has 1 fully saturated rings. The predicted octanol–water partition coefficient (Wildman–Crippen LogP) is 4.56. The number of carbonyl (C=O) groups is 2. The molecule has 0 aliphatic carbocycles. The van der Waals surface area contributed by atoms with Crippen LogP contribution >= 0.6 is 0 Å². The van der Waals surface area contributed by atoms with E-state index >= 15 is 0 Å². The van der Waals surface area contributed by atoms with Crippen LogP contribution < -0.4 is 10.3 Å². The van der Waals surface area contributed by atoms with Crippen LogP contribution in [0.15, 0.2) is 46.4 Å². The van der Waals surface area contributed by atoms with Crippen molar-refractivity contribution in [3.8, 4) is 0 Å². The summed E-state index contributed by atoms with van der Waals surface area (Å²) >= 11 is 0. The number of hydrazone groups is 1. The molecule has 44 heavy (non-hydrogen) atoms. The summed E-state index contributed by atoms with van der Waals surface area (Å²) in [5.74, 6) is -0.295. The molecule has 2 aromatic rings. The Balaban J connectivity index is 2.03. The number of nitrogens with one attached hydrogen (secondary N) is 2. The van der Waals surface area contributed by atoms with E-state index < -0.39 is 22.2 Å². The van der Waals surface area contributed by atoms with Crippen LogP contribution in [0.2, 0.25) is 0 Å². The highest BCUT2D eigenvalue weighted by molar-refractivity contribution is 7.89. The van der Waals surface area contributed by atoms with Crippen molar-refractivity contribution in [2.24, 2.45) is 5.10 Å². The summed E-state index contributed by atoms with van der Waals surface area (Å²) in [7, 11) is -4.16. The number of hydrogen-bond donors (Lipinski definition) is 3. The van der Waals surface area contributed by atoms with E-state index in [1.165, 1.54) is 6.21 Å². The van der Waals surface area contributed by atoms with E-state index in [1.807, 2.05) is 45.9 Å². The van der Waals surface area contributed by atoms with Crippen LogP contribution in [-0.2, 0) is 26.0 Å². The van der Waals surface area contributed by atoms with Crippen molar-refractivity contribution in [2.75, 3.05) is 32.8 Å². The van der Waals surface area contributed by atoms with E-state index in [9.17, 15) is 18.0 Å². The van der Waals surface area contributed by atoms with E-state index in [4.69, 9.17) is 9.94 Å². The average Bonchev–Trinajstić information content (AvgIpc) is 2.98. The number of amides is 2. The number of piperazine rings is 1. The molecule has 12 heteroatoms. The first-order chi connectivity index (χ1) is 20.8. The summed E-state index contributed by atoms with van der Waals surface area (Å²) in [4.78, 5) is 29.6. The molecule has 2 aromatic carbocycles. The molecule has 1 heterocycles. The van der Waals surface area contributed by atoms with Crippen LogP contribution in [-0.4, -0.2) is 80.5 Å². The third-order valence-corrected chi connectivity index (χ3v) is 9.33. The molecule has 0 bridgehead atoms. The Morgan fingerprint density at radius 2 is 1.55 bits per heavy atom. The smallest absolute Gasteiger partial charge is 0.409 e. The Kier molecular flexibility index (Phi) is 12.3. The van der Waals surface area contributed by atoms with E-state index in [2.05, 4.69) is 23.7 Å². The first kappa shape index (κ1) is 35.0. The highest BCUT2D eigenvalue weighted by Gasteiger charge is 2.35. The molecule has 0 spiro atoms. The van der Waals surface area contributed by atoms with Gasteiger partial charge in [-0.25, -0.2) is 13.2 Å². The van der Waals surface area contributed by atoms with Gasteiger partial charge in [-0.3, -0.25) is 10.0 Å². The fourth-order valence-corrected chi connectivity index (χ4v) is 7.20. The molecule has 1 atom stereocenters. The van der Waals surface area contributed by atoms with Gasteiger partial charge in [-0.15, -0.1) is 0 Å². The third kappa shape index (κ3) is 8.80. The predicted molar refractivity (Wildman–Crippen MR) is 171 cm³/mol. The molecule has 3 rings (SSSR count). The Labute approximate surface area is 261 Å². The van der Waals surface area contributed by atoms with Crippen molar-refractivity contribution < 1.29 is 28.0 Å². The molecular formula is C32H47N5O6S. The molecule has 11 nitrogen and oxygen atoms in total. The summed E-state index contributed by atoms with van der Waals surface area (Å²) in [5, 5.41) is 12.5. The van der Waals surface area contributed by atoms with Crippen molar-refractivity contribution in [1.82, 2.24) is 20.1 Å². The molecule has 1 saturated heterocycles. The maximum absolute atomic E-state index is 14.4. The van der Waals surface area contributed by atoms with Crippen LogP contribution in [0.3, 0.4) is 0 Å². The van der Waals surface area contributed by atoms with Gasteiger partial charge < -0.3 is 14.5 Å². The number of hydrogen-bond acceptors (Lipinski definition) is 8. The minimum absolute atomic E-state index is 0.0704. The lowest BCUT2D eigenvalue weighted by Gasteiger charge is -2.36. The zero-order valence-electron chi connectivity index (χ0n) is 26.8. The van der Waals surface area contributed by atoms with Gasteiger partial charge in [0.1, 0.15) is 6.04 Å². The van der Waals surface area contributed by atoms with Crippen molar-refractivity contribution in [2.45, 2.75) is 83.6 Å². The van der Waals surface area contributed by atoms with Crippen LogP contribution in [0.1, 0.15) is 94.0 Å². The molecule has 242 valence electrons. The van der Waals surface area contributed by atoms with Gasteiger partial charge in [-0.2, -0.15) is 15.4 Å².